The molecular weight excluding hydrogens is 328 g/mol. The van der Waals surface area contributed by atoms with Gasteiger partial charge in [-0.15, -0.1) is 0 Å². The van der Waals surface area contributed by atoms with Crippen molar-refractivity contribution in [2.45, 2.75) is 95.0 Å². The zero-order chi connectivity index (χ0) is 19.1. The molecule has 0 rings (SSSR count). The van der Waals surface area contributed by atoms with Crippen LogP contribution in [-0.4, -0.2) is 74.1 Å². The number of carbonyl (C=O) groups is 1. The molecule has 0 saturated heterocycles. The van der Waals surface area contributed by atoms with Crippen LogP contribution in [0.25, 0.3) is 0 Å². The topological polar surface area (TPSA) is 138 Å². The Bertz CT molecular complexity index is 325. The van der Waals surface area contributed by atoms with Crippen LogP contribution in [0.2, 0.25) is 0 Å². The van der Waals surface area contributed by atoms with Crippen LogP contribution in [0.4, 0.5) is 0 Å². The van der Waals surface area contributed by atoms with Gasteiger partial charge in [0.05, 0.1) is 6.61 Å². The Morgan fingerprint density at radius 2 is 1.08 bits per heavy atom. The number of hydrogen-bond donors (Lipinski definition) is 6. The molecule has 0 saturated carbocycles. The van der Waals surface area contributed by atoms with E-state index in [1.54, 1.807) is 0 Å². The molecule has 0 amide bonds. The molecule has 0 fully saturated rings. The summed E-state index contributed by atoms with van der Waals surface area (Å²) in [6.07, 6.45) is 3.41. The van der Waals surface area contributed by atoms with Gasteiger partial charge in [-0.1, -0.05) is 51.4 Å². The van der Waals surface area contributed by atoms with E-state index >= 15 is 0 Å². The Morgan fingerprint density at radius 3 is 1.52 bits per heavy atom. The van der Waals surface area contributed by atoms with E-state index in [4.69, 9.17) is 10.2 Å². The van der Waals surface area contributed by atoms with E-state index in [1.165, 1.54) is 12.8 Å². The first kappa shape index (κ1) is 24.4. The predicted octanol–water partition coefficient (Wildman–Crippen LogP) is 0.275. The summed E-state index contributed by atoms with van der Waals surface area (Å²) < 4.78 is 0. The molecule has 0 unspecified atom stereocenters. The quantitative estimate of drug-likeness (QED) is 0.204. The molecule has 0 heterocycles. The number of aliphatic hydroxyl groups is 6. The minimum atomic E-state index is -1.81. The van der Waals surface area contributed by atoms with Gasteiger partial charge in [-0.3, -0.25) is 4.79 Å². The van der Waals surface area contributed by atoms with Crippen LogP contribution in [0, 0.1) is 0 Å². The monoisotopic (exact) mass is 364 g/mol. The van der Waals surface area contributed by atoms with E-state index in [-0.39, 0.29) is 13.0 Å². The smallest absolute Gasteiger partial charge is 0.164 e. The predicted molar refractivity (Wildman–Crippen MR) is 94.0 cm³/mol. The molecule has 4 atom stereocenters. The van der Waals surface area contributed by atoms with Gasteiger partial charge in [0.15, 0.2) is 5.78 Å². The molecule has 0 aromatic carbocycles. The first-order chi connectivity index (χ1) is 12.0. The molecule has 6 N–H and O–H groups in total. The Hall–Kier alpha value is -0.570. The summed E-state index contributed by atoms with van der Waals surface area (Å²) in [4.78, 5) is 11.8. The summed E-state index contributed by atoms with van der Waals surface area (Å²) in [5, 5.41) is 55.4. The van der Waals surface area contributed by atoms with Crippen molar-refractivity contribution in [3.05, 3.63) is 0 Å². The standard InChI is InChI=1S/C18H36O7/c19-12-10-8-6-4-2-1-3-5-7-9-11-14(21)16(23)18(25)17(24)15(22)13-20/h15-20,22-25H,1-13H2/t15-,16+,17-,18-/m1/s1. The largest absolute Gasteiger partial charge is 0.396 e. The van der Waals surface area contributed by atoms with Crippen molar-refractivity contribution in [1.29, 1.82) is 0 Å². The Morgan fingerprint density at radius 1 is 0.640 bits per heavy atom. The molecule has 0 aromatic heterocycles. The molecule has 0 aliphatic carbocycles. The van der Waals surface area contributed by atoms with Gasteiger partial charge in [-0.05, 0) is 12.8 Å². The fraction of sp³-hybridized carbons (Fsp3) is 0.944. The molecule has 150 valence electrons. The highest BCUT2D eigenvalue weighted by atomic mass is 16.4. The third-order valence-corrected chi connectivity index (χ3v) is 4.42. The van der Waals surface area contributed by atoms with Crippen LogP contribution in [0.1, 0.15) is 70.6 Å². The SMILES string of the molecule is O=C(CCCCCCCCCCCCO)[C@H](O)[C@@H](O)[C@H](O)[C@H](O)CO. The maximum absolute atomic E-state index is 11.8. The van der Waals surface area contributed by atoms with Gasteiger partial charge >= 0.3 is 0 Å². The van der Waals surface area contributed by atoms with Gasteiger partial charge < -0.3 is 30.6 Å². The van der Waals surface area contributed by atoms with Gasteiger partial charge in [0.2, 0.25) is 0 Å². The zero-order valence-electron chi connectivity index (χ0n) is 15.1. The van der Waals surface area contributed by atoms with Gasteiger partial charge in [0, 0.05) is 13.0 Å². The van der Waals surface area contributed by atoms with Gasteiger partial charge in [0.1, 0.15) is 24.4 Å². The average molecular weight is 364 g/mol. The summed E-state index contributed by atoms with van der Waals surface area (Å²) in [7, 11) is 0. The molecule has 7 nitrogen and oxygen atoms in total. The molecule has 0 radical (unpaired) electrons. The van der Waals surface area contributed by atoms with E-state index in [0.717, 1.165) is 44.9 Å². The van der Waals surface area contributed by atoms with E-state index in [1.807, 2.05) is 0 Å². The van der Waals surface area contributed by atoms with Gasteiger partial charge in [0.25, 0.3) is 0 Å². The lowest BCUT2D eigenvalue weighted by atomic mass is 9.97. The molecular formula is C18H36O7. The second kappa shape index (κ2) is 15.7. The number of unbranched alkanes of at least 4 members (excludes halogenated alkanes) is 9. The van der Waals surface area contributed by atoms with Crippen LogP contribution in [0.3, 0.4) is 0 Å². The first-order valence-electron chi connectivity index (χ1n) is 9.42. The number of hydrogen-bond acceptors (Lipinski definition) is 7. The molecule has 7 heteroatoms. The van der Waals surface area contributed by atoms with Crippen molar-refractivity contribution in [3.8, 4) is 0 Å². The Kier molecular flexibility index (Phi) is 15.3. The lowest BCUT2D eigenvalue weighted by Gasteiger charge is -2.24. The summed E-state index contributed by atoms with van der Waals surface area (Å²) >= 11 is 0. The lowest BCUT2D eigenvalue weighted by Crippen LogP contribution is -2.48. The van der Waals surface area contributed by atoms with E-state index in [2.05, 4.69) is 0 Å². The van der Waals surface area contributed by atoms with Crippen LogP contribution >= 0.6 is 0 Å². The number of ketones is 1. The fourth-order valence-electron chi connectivity index (χ4n) is 2.69. The highest BCUT2D eigenvalue weighted by molar-refractivity contribution is 5.83. The minimum Gasteiger partial charge on any atom is -0.396 e. The maximum Gasteiger partial charge on any atom is 0.164 e. The molecule has 25 heavy (non-hydrogen) atoms. The number of Topliss-reactive ketones (excluding diaryl/α,β-unsaturated/α-hetero) is 1. The summed E-state index contributed by atoms with van der Waals surface area (Å²) in [6.45, 7) is -0.494. The van der Waals surface area contributed by atoms with Crippen molar-refractivity contribution in [1.82, 2.24) is 0 Å². The Labute approximate surface area is 150 Å². The maximum atomic E-state index is 11.8. The highest BCUT2D eigenvalue weighted by Gasteiger charge is 2.33. The number of carbonyl (C=O) groups excluding carboxylic acids is 1. The third-order valence-electron chi connectivity index (χ3n) is 4.42. The van der Waals surface area contributed by atoms with Crippen LogP contribution in [0.15, 0.2) is 0 Å². The van der Waals surface area contributed by atoms with E-state index < -0.39 is 36.8 Å². The zero-order valence-corrected chi connectivity index (χ0v) is 15.1. The molecule has 0 aliphatic rings. The second-order valence-electron chi connectivity index (χ2n) is 6.65. The minimum absolute atomic E-state index is 0.112. The van der Waals surface area contributed by atoms with E-state index in [0.29, 0.717) is 6.42 Å². The second-order valence-corrected chi connectivity index (χ2v) is 6.65. The van der Waals surface area contributed by atoms with Crippen molar-refractivity contribution in [2.24, 2.45) is 0 Å². The third kappa shape index (κ3) is 11.6. The van der Waals surface area contributed by atoms with Crippen LogP contribution < -0.4 is 0 Å². The van der Waals surface area contributed by atoms with Crippen molar-refractivity contribution in [2.75, 3.05) is 13.2 Å². The lowest BCUT2D eigenvalue weighted by molar-refractivity contribution is -0.147. The average Bonchev–Trinajstić information content (AvgIpc) is 2.63. The molecule has 0 aromatic rings. The summed E-state index contributed by atoms with van der Waals surface area (Å²) in [5.41, 5.74) is 0. The molecule has 0 aliphatic heterocycles. The number of aliphatic hydroxyl groups excluding tert-OH is 6. The van der Waals surface area contributed by atoms with Gasteiger partial charge in [-0.25, -0.2) is 0 Å². The normalized spacial score (nSPS) is 16.4. The van der Waals surface area contributed by atoms with E-state index in [9.17, 15) is 25.2 Å². The first-order valence-corrected chi connectivity index (χ1v) is 9.42. The summed E-state index contributed by atoms with van der Waals surface area (Å²) in [5.74, 6) is -0.569. The number of rotatable bonds is 17. The van der Waals surface area contributed by atoms with Gasteiger partial charge in [-0.2, -0.15) is 0 Å². The summed E-state index contributed by atoms with van der Waals surface area (Å²) in [6, 6.07) is 0. The highest BCUT2D eigenvalue weighted by Crippen LogP contribution is 2.13. The molecule has 0 bridgehead atoms. The van der Waals surface area contributed by atoms with Crippen LogP contribution in [0.5, 0.6) is 0 Å². The van der Waals surface area contributed by atoms with Crippen LogP contribution in [-0.2, 0) is 4.79 Å². The Balaban J connectivity index is 3.66. The molecule has 0 spiro atoms. The fourth-order valence-corrected chi connectivity index (χ4v) is 2.69. The van der Waals surface area contributed by atoms with Crippen molar-refractivity contribution in [3.63, 3.8) is 0 Å². The van der Waals surface area contributed by atoms with Crippen molar-refractivity contribution < 1.29 is 35.4 Å². The van der Waals surface area contributed by atoms with Crippen molar-refractivity contribution >= 4 is 5.78 Å².